The molecule has 0 atom stereocenters. The molecule has 0 saturated heterocycles. The lowest BCUT2D eigenvalue weighted by Crippen LogP contribution is -2.27. The van der Waals surface area contributed by atoms with Crippen LogP contribution in [0.25, 0.3) is 0 Å². The summed E-state index contributed by atoms with van der Waals surface area (Å²) in [5, 5.41) is 0. The van der Waals surface area contributed by atoms with Crippen LogP contribution in [0, 0.1) is 0 Å². The molecule has 0 spiro atoms. The highest BCUT2D eigenvalue weighted by atomic mass is 16.1. The number of hydrogen-bond acceptors (Lipinski definition) is 4. The maximum Gasteiger partial charge on any atom is 0.162 e. The molecule has 0 N–H and O–H groups in total. The standard InChI is InChI=1S/C36H64N2O2/c1-8-12-22-37(23-13-9-2)26-18-16-20-34(39)31-28-32(30-33(29-31)36(5,6)7)35(40)21-17-19-27-38(24-14-10-3)25-15-11-4/h28-30H,8-27H2,1-7H3. The smallest absolute Gasteiger partial charge is 0.162 e. The molecule has 1 rings (SSSR count). The van der Waals surface area contributed by atoms with Crippen molar-refractivity contribution in [2.45, 2.75) is 144 Å². The summed E-state index contributed by atoms with van der Waals surface area (Å²) in [7, 11) is 0. The van der Waals surface area contributed by atoms with Crippen molar-refractivity contribution in [1.29, 1.82) is 0 Å². The third kappa shape index (κ3) is 15.5. The van der Waals surface area contributed by atoms with Gasteiger partial charge in [-0.3, -0.25) is 9.59 Å². The molecule has 1 aromatic carbocycles. The average molecular weight is 557 g/mol. The molecule has 0 bridgehead atoms. The van der Waals surface area contributed by atoms with Gasteiger partial charge in [0.2, 0.25) is 0 Å². The van der Waals surface area contributed by atoms with Crippen molar-refractivity contribution < 1.29 is 9.59 Å². The lowest BCUT2D eigenvalue weighted by Gasteiger charge is -2.22. The van der Waals surface area contributed by atoms with Gasteiger partial charge in [-0.15, -0.1) is 0 Å². The lowest BCUT2D eigenvalue weighted by molar-refractivity contribution is 0.0977. The second kappa shape index (κ2) is 21.2. The molecule has 0 radical (unpaired) electrons. The van der Waals surface area contributed by atoms with Crippen molar-refractivity contribution in [3.63, 3.8) is 0 Å². The van der Waals surface area contributed by atoms with Crippen LogP contribution in [0.3, 0.4) is 0 Å². The zero-order valence-electron chi connectivity index (χ0n) is 27.6. The van der Waals surface area contributed by atoms with E-state index in [1.54, 1.807) is 0 Å². The fourth-order valence-corrected chi connectivity index (χ4v) is 5.11. The fraction of sp³-hybridized carbons (Fsp3) is 0.778. The molecule has 0 aromatic heterocycles. The molecule has 0 fully saturated rings. The Bertz CT molecular complexity index is 752. The molecular formula is C36H64N2O2. The maximum absolute atomic E-state index is 13.3. The molecule has 0 aliphatic heterocycles. The summed E-state index contributed by atoms with van der Waals surface area (Å²) >= 11 is 0. The number of rotatable bonds is 24. The van der Waals surface area contributed by atoms with Gasteiger partial charge in [0, 0.05) is 24.0 Å². The fourth-order valence-electron chi connectivity index (χ4n) is 5.11. The average Bonchev–Trinajstić information content (AvgIpc) is 2.94. The molecule has 0 amide bonds. The van der Waals surface area contributed by atoms with E-state index in [4.69, 9.17) is 0 Å². The van der Waals surface area contributed by atoms with Gasteiger partial charge in [-0.2, -0.15) is 0 Å². The Morgan fingerprint density at radius 2 is 0.850 bits per heavy atom. The van der Waals surface area contributed by atoms with E-state index < -0.39 is 0 Å². The molecule has 0 unspecified atom stereocenters. The van der Waals surface area contributed by atoms with Crippen molar-refractivity contribution in [3.8, 4) is 0 Å². The summed E-state index contributed by atoms with van der Waals surface area (Å²) in [6.07, 6.45) is 14.9. The SMILES string of the molecule is CCCCN(CCCC)CCCCC(=O)c1cc(C(=O)CCCCN(CCCC)CCCC)cc(C(C)(C)C)c1. The summed E-state index contributed by atoms with van der Waals surface area (Å²) in [6.45, 7) is 22.3. The van der Waals surface area contributed by atoms with Crippen LogP contribution in [0.15, 0.2) is 18.2 Å². The predicted molar refractivity (Wildman–Crippen MR) is 174 cm³/mol. The summed E-state index contributed by atoms with van der Waals surface area (Å²) in [4.78, 5) is 31.7. The molecular weight excluding hydrogens is 492 g/mol. The van der Waals surface area contributed by atoms with Crippen LogP contribution in [0.1, 0.15) is 165 Å². The van der Waals surface area contributed by atoms with Crippen LogP contribution < -0.4 is 0 Å². The molecule has 0 aliphatic rings. The molecule has 1 aromatic rings. The Morgan fingerprint density at radius 1 is 0.525 bits per heavy atom. The largest absolute Gasteiger partial charge is 0.303 e. The third-order valence-electron chi connectivity index (χ3n) is 8.01. The topological polar surface area (TPSA) is 40.6 Å². The maximum atomic E-state index is 13.3. The number of nitrogens with zero attached hydrogens (tertiary/aromatic N) is 2. The number of ketones is 2. The van der Waals surface area contributed by atoms with E-state index in [0.717, 1.165) is 55.5 Å². The first kappa shape index (κ1) is 36.5. The van der Waals surface area contributed by atoms with Gasteiger partial charge in [-0.25, -0.2) is 0 Å². The first-order valence-electron chi connectivity index (χ1n) is 16.8. The van der Waals surface area contributed by atoms with Crippen LogP contribution in [-0.4, -0.2) is 60.6 Å². The molecule has 230 valence electrons. The first-order chi connectivity index (χ1) is 19.2. The Balaban J connectivity index is 2.75. The third-order valence-corrected chi connectivity index (χ3v) is 8.01. The monoisotopic (exact) mass is 556 g/mol. The molecule has 40 heavy (non-hydrogen) atoms. The second-order valence-electron chi connectivity index (χ2n) is 12.9. The van der Waals surface area contributed by atoms with Gasteiger partial charge < -0.3 is 9.80 Å². The van der Waals surface area contributed by atoms with Crippen LogP contribution >= 0.6 is 0 Å². The highest BCUT2D eigenvalue weighted by Gasteiger charge is 2.20. The molecule has 0 heterocycles. The van der Waals surface area contributed by atoms with E-state index in [-0.39, 0.29) is 17.0 Å². The van der Waals surface area contributed by atoms with E-state index >= 15 is 0 Å². The minimum absolute atomic E-state index is 0.108. The minimum Gasteiger partial charge on any atom is -0.303 e. The van der Waals surface area contributed by atoms with Gasteiger partial charge in [0.25, 0.3) is 0 Å². The van der Waals surface area contributed by atoms with Crippen LogP contribution in [-0.2, 0) is 5.41 Å². The number of carbonyl (C=O) groups excluding carboxylic acids is 2. The van der Waals surface area contributed by atoms with E-state index in [0.29, 0.717) is 12.8 Å². The number of Topliss-reactive ketones (excluding diaryl/α,β-unsaturated/α-hetero) is 2. The van der Waals surface area contributed by atoms with Crippen LogP contribution in [0.4, 0.5) is 0 Å². The summed E-state index contributed by atoms with van der Waals surface area (Å²) in [5.41, 5.74) is 2.41. The van der Waals surface area contributed by atoms with E-state index in [1.807, 2.05) is 18.2 Å². The summed E-state index contributed by atoms with van der Waals surface area (Å²) < 4.78 is 0. The second-order valence-corrected chi connectivity index (χ2v) is 12.9. The zero-order valence-corrected chi connectivity index (χ0v) is 27.6. The van der Waals surface area contributed by atoms with Crippen molar-refractivity contribution in [2.75, 3.05) is 39.3 Å². The number of carbonyl (C=O) groups is 2. The molecule has 4 nitrogen and oxygen atoms in total. The summed E-state index contributed by atoms with van der Waals surface area (Å²) in [5.74, 6) is 0.354. The van der Waals surface area contributed by atoms with Crippen molar-refractivity contribution >= 4 is 11.6 Å². The van der Waals surface area contributed by atoms with Crippen LogP contribution in [0.5, 0.6) is 0 Å². The van der Waals surface area contributed by atoms with Gasteiger partial charge >= 0.3 is 0 Å². The van der Waals surface area contributed by atoms with Gasteiger partial charge in [0.05, 0.1) is 0 Å². The number of hydrogen-bond donors (Lipinski definition) is 0. The minimum atomic E-state index is -0.108. The van der Waals surface area contributed by atoms with E-state index in [1.165, 1.54) is 77.5 Å². The Morgan fingerprint density at radius 3 is 1.15 bits per heavy atom. The van der Waals surface area contributed by atoms with E-state index in [9.17, 15) is 9.59 Å². The Labute approximate surface area is 248 Å². The zero-order chi connectivity index (χ0) is 29.8. The van der Waals surface area contributed by atoms with Crippen molar-refractivity contribution in [2.24, 2.45) is 0 Å². The van der Waals surface area contributed by atoms with Gasteiger partial charge in [0.1, 0.15) is 0 Å². The quantitative estimate of drug-likeness (QED) is 0.0939. The molecule has 0 saturated carbocycles. The lowest BCUT2D eigenvalue weighted by atomic mass is 9.83. The van der Waals surface area contributed by atoms with Gasteiger partial charge in [-0.1, -0.05) is 74.1 Å². The predicted octanol–water partition coefficient (Wildman–Crippen LogP) is 9.49. The Kier molecular flexibility index (Phi) is 19.4. The first-order valence-corrected chi connectivity index (χ1v) is 16.8. The van der Waals surface area contributed by atoms with Crippen LogP contribution in [0.2, 0.25) is 0 Å². The van der Waals surface area contributed by atoms with Gasteiger partial charge in [-0.05, 0) is 120 Å². The normalized spacial score (nSPS) is 12.0. The number of benzene rings is 1. The van der Waals surface area contributed by atoms with E-state index in [2.05, 4.69) is 58.3 Å². The Hall–Kier alpha value is -1.52. The number of unbranched alkanes of at least 4 members (excludes halogenated alkanes) is 6. The van der Waals surface area contributed by atoms with Crippen molar-refractivity contribution in [1.82, 2.24) is 9.80 Å². The molecule has 0 aliphatic carbocycles. The molecule has 4 heteroatoms. The summed E-state index contributed by atoms with van der Waals surface area (Å²) in [6, 6.07) is 5.95. The highest BCUT2D eigenvalue weighted by molar-refractivity contribution is 6.01. The van der Waals surface area contributed by atoms with Gasteiger partial charge in [0.15, 0.2) is 11.6 Å². The van der Waals surface area contributed by atoms with Crippen molar-refractivity contribution in [3.05, 3.63) is 34.9 Å². The highest BCUT2D eigenvalue weighted by Crippen LogP contribution is 2.26.